The van der Waals surface area contributed by atoms with E-state index in [0.29, 0.717) is 5.56 Å². The van der Waals surface area contributed by atoms with Gasteiger partial charge >= 0.3 is 6.03 Å². The normalized spacial score (nSPS) is 19.2. The van der Waals surface area contributed by atoms with Crippen molar-refractivity contribution in [2.45, 2.75) is 26.3 Å². The Labute approximate surface area is 156 Å². The van der Waals surface area contributed by atoms with Crippen LogP contribution in [0.15, 0.2) is 42.5 Å². The summed E-state index contributed by atoms with van der Waals surface area (Å²) in [5.41, 5.74) is 1.18. The zero-order chi connectivity index (χ0) is 19.8. The third-order valence-electron chi connectivity index (χ3n) is 4.60. The highest BCUT2D eigenvalue weighted by atomic mass is 19.1. The maximum absolute atomic E-state index is 13.8. The molecule has 2 N–H and O–H groups in total. The van der Waals surface area contributed by atoms with Crippen LogP contribution in [0.25, 0.3) is 0 Å². The van der Waals surface area contributed by atoms with E-state index in [2.05, 4.69) is 10.6 Å². The summed E-state index contributed by atoms with van der Waals surface area (Å²) in [5.74, 6) is -1.77. The maximum Gasteiger partial charge on any atom is 0.325 e. The van der Waals surface area contributed by atoms with Crippen LogP contribution in [0.4, 0.5) is 14.9 Å². The summed E-state index contributed by atoms with van der Waals surface area (Å²) in [4.78, 5) is 38.2. The molecule has 1 aliphatic heterocycles. The first-order chi connectivity index (χ1) is 12.7. The molecule has 0 aliphatic carbocycles. The summed E-state index contributed by atoms with van der Waals surface area (Å²) in [6, 6.07) is 10.9. The van der Waals surface area contributed by atoms with Crippen molar-refractivity contribution in [1.29, 1.82) is 0 Å². The van der Waals surface area contributed by atoms with Gasteiger partial charge in [-0.15, -0.1) is 0 Å². The molecule has 0 radical (unpaired) electrons. The van der Waals surface area contributed by atoms with Gasteiger partial charge in [-0.3, -0.25) is 14.5 Å². The summed E-state index contributed by atoms with van der Waals surface area (Å²) in [7, 11) is 0. The third kappa shape index (κ3) is 3.53. The number of halogens is 1. The number of rotatable bonds is 4. The van der Waals surface area contributed by atoms with Crippen LogP contribution >= 0.6 is 0 Å². The second kappa shape index (κ2) is 6.83. The van der Waals surface area contributed by atoms with E-state index in [4.69, 9.17) is 0 Å². The molecule has 2 aromatic carbocycles. The van der Waals surface area contributed by atoms with E-state index in [1.807, 2.05) is 19.1 Å². The van der Waals surface area contributed by atoms with Crippen molar-refractivity contribution >= 4 is 23.5 Å². The first kappa shape index (κ1) is 18.6. The summed E-state index contributed by atoms with van der Waals surface area (Å²) >= 11 is 0. The Morgan fingerprint density at radius 1 is 1.11 bits per heavy atom. The van der Waals surface area contributed by atoms with Crippen molar-refractivity contribution in [3.05, 3.63) is 65.0 Å². The Hall–Kier alpha value is -3.22. The molecule has 140 valence electrons. The number of carbonyl (C=O) groups excluding carboxylic acids is 3. The number of amides is 4. The van der Waals surface area contributed by atoms with Crippen LogP contribution in [0.3, 0.4) is 0 Å². The molecule has 7 heteroatoms. The maximum atomic E-state index is 13.8. The highest BCUT2D eigenvalue weighted by molar-refractivity contribution is 6.10. The van der Waals surface area contributed by atoms with Crippen LogP contribution in [-0.2, 0) is 15.1 Å². The van der Waals surface area contributed by atoms with Crippen LogP contribution in [0, 0.1) is 19.7 Å². The lowest BCUT2D eigenvalue weighted by Crippen LogP contribution is -2.42. The highest BCUT2D eigenvalue weighted by Gasteiger charge is 2.49. The molecule has 1 unspecified atom stereocenters. The van der Waals surface area contributed by atoms with Crippen LogP contribution in [0.5, 0.6) is 0 Å². The molecule has 1 fully saturated rings. The van der Waals surface area contributed by atoms with E-state index in [9.17, 15) is 18.8 Å². The van der Waals surface area contributed by atoms with E-state index in [1.165, 1.54) is 12.1 Å². The summed E-state index contributed by atoms with van der Waals surface area (Å²) in [6.45, 7) is 4.78. The van der Waals surface area contributed by atoms with Gasteiger partial charge in [0, 0.05) is 0 Å². The number of anilines is 1. The van der Waals surface area contributed by atoms with Gasteiger partial charge in [0.15, 0.2) is 0 Å². The zero-order valence-electron chi connectivity index (χ0n) is 15.3. The van der Waals surface area contributed by atoms with E-state index >= 15 is 0 Å². The fourth-order valence-electron chi connectivity index (χ4n) is 2.99. The lowest BCUT2D eigenvalue weighted by Gasteiger charge is -2.22. The number of benzene rings is 2. The van der Waals surface area contributed by atoms with E-state index < -0.39 is 35.7 Å². The topological polar surface area (TPSA) is 78.5 Å². The Balaban J connectivity index is 1.76. The molecule has 27 heavy (non-hydrogen) atoms. The van der Waals surface area contributed by atoms with Gasteiger partial charge in [0.05, 0.1) is 5.69 Å². The zero-order valence-corrected chi connectivity index (χ0v) is 15.3. The molecule has 1 aliphatic rings. The van der Waals surface area contributed by atoms with E-state index in [-0.39, 0.29) is 5.69 Å². The van der Waals surface area contributed by atoms with Crippen LogP contribution in [0.1, 0.15) is 23.6 Å². The Bertz CT molecular complexity index is 927. The van der Waals surface area contributed by atoms with Gasteiger partial charge in [-0.05, 0) is 44.0 Å². The molecule has 0 aromatic heterocycles. The minimum Gasteiger partial charge on any atom is -0.322 e. The van der Waals surface area contributed by atoms with Gasteiger partial charge in [-0.1, -0.05) is 35.9 Å². The minimum atomic E-state index is -1.25. The van der Waals surface area contributed by atoms with E-state index in [0.717, 1.165) is 16.0 Å². The van der Waals surface area contributed by atoms with Crippen LogP contribution in [-0.4, -0.2) is 29.3 Å². The number of carbonyl (C=O) groups is 3. The van der Waals surface area contributed by atoms with Crippen molar-refractivity contribution in [2.24, 2.45) is 0 Å². The lowest BCUT2D eigenvalue weighted by molar-refractivity contribution is -0.133. The molecule has 4 amide bonds. The number of aryl methyl sites for hydroxylation is 2. The van der Waals surface area contributed by atoms with Gasteiger partial charge in [0.2, 0.25) is 5.91 Å². The van der Waals surface area contributed by atoms with Crippen LogP contribution < -0.4 is 10.6 Å². The second-order valence-corrected chi connectivity index (χ2v) is 6.84. The van der Waals surface area contributed by atoms with E-state index in [1.54, 1.807) is 32.0 Å². The lowest BCUT2D eigenvalue weighted by atomic mass is 9.91. The highest BCUT2D eigenvalue weighted by Crippen LogP contribution is 2.29. The molecule has 6 nitrogen and oxygen atoms in total. The van der Waals surface area contributed by atoms with Gasteiger partial charge < -0.3 is 10.6 Å². The number of imide groups is 1. The summed E-state index contributed by atoms with van der Waals surface area (Å²) in [6.07, 6.45) is 0. The van der Waals surface area contributed by atoms with Gasteiger partial charge in [0.25, 0.3) is 5.91 Å². The average molecular weight is 369 g/mol. The van der Waals surface area contributed by atoms with Crippen molar-refractivity contribution in [2.75, 3.05) is 11.9 Å². The standard InChI is InChI=1S/C20H20FN3O3/c1-12-4-7-14(8-5-12)20(3)18(26)24(19(27)23-20)11-17(25)22-16-10-13(2)6-9-15(16)21/h4-10H,11H2,1-3H3,(H,22,25)(H,23,27). The average Bonchev–Trinajstić information content (AvgIpc) is 2.83. The molecule has 1 atom stereocenters. The first-order valence-electron chi connectivity index (χ1n) is 8.48. The fourth-order valence-corrected chi connectivity index (χ4v) is 2.99. The smallest absolute Gasteiger partial charge is 0.322 e. The Kier molecular flexibility index (Phi) is 4.70. The minimum absolute atomic E-state index is 0.00773. The molecular weight excluding hydrogens is 349 g/mol. The monoisotopic (exact) mass is 369 g/mol. The van der Waals surface area contributed by atoms with Crippen molar-refractivity contribution < 1.29 is 18.8 Å². The molecule has 0 saturated carbocycles. The SMILES string of the molecule is Cc1ccc(C2(C)NC(=O)N(CC(=O)Nc3cc(C)ccc3F)C2=O)cc1. The van der Waals surface area contributed by atoms with Crippen molar-refractivity contribution in [3.63, 3.8) is 0 Å². The molecule has 1 heterocycles. The van der Waals surface area contributed by atoms with Gasteiger partial charge in [0.1, 0.15) is 17.9 Å². The quantitative estimate of drug-likeness (QED) is 0.814. The largest absolute Gasteiger partial charge is 0.325 e. The summed E-state index contributed by atoms with van der Waals surface area (Å²) in [5, 5.41) is 5.04. The number of hydrogen-bond donors (Lipinski definition) is 2. The second-order valence-electron chi connectivity index (χ2n) is 6.84. The number of hydrogen-bond acceptors (Lipinski definition) is 3. The molecule has 1 saturated heterocycles. The number of nitrogens with zero attached hydrogens (tertiary/aromatic N) is 1. The third-order valence-corrected chi connectivity index (χ3v) is 4.60. The Morgan fingerprint density at radius 2 is 1.74 bits per heavy atom. The van der Waals surface area contributed by atoms with Gasteiger partial charge in [-0.25, -0.2) is 9.18 Å². The predicted octanol–water partition coefficient (Wildman–Crippen LogP) is 2.85. The molecule has 2 aromatic rings. The number of nitrogens with one attached hydrogen (secondary N) is 2. The molecule has 0 bridgehead atoms. The van der Waals surface area contributed by atoms with Crippen molar-refractivity contribution in [3.8, 4) is 0 Å². The summed E-state index contributed by atoms with van der Waals surface area (Å²) < 4.78 is 13.8. The predicted molar refractivity (Wildman–Crippen MR) is 98.5 cm³/mol. The number of urea groups is 1. The van der Waals surface area contributed by atoms with Crippen molar-refractivity contribution in [1.82, 2.24) is 10.2 Å². The fraction of sp³-hybridized carbons (Fsp3) is 0.250. The molecule has 3 rings (SSSR count). The molecular formula is C20H20FN3O3. The molecule has 0 spiro atoms. The Morgan fingerprint density at radius 3 is 2.41 bits per heavy atom. The van der Waals surface area contributed by atoms with Gasteiger partial charge in [-0.2, -0.15) is 0 Å². The first-order valence-corrected chi connectivity index (χ1v) is 8.48. The van der Waals surface area contributed by atoms with Crippen LogP contribution in [0.2, 0.25) is 0 Å².